The second kappa shape index (κ2) is 4.78. The van der Waals surface area contributed by atoms with Crippen LogP contribution in [0.5, 0.6) is 0 Å². The molecular formula is C13H19NO2S. The third-order valence-electron chi connectivity index (χ3n) is 3.62. The molecule has 1 saturated carbocycles. The van der Waals surface area contributed by atoms with Crippen LogP contribution in [0.25, 0.3) is 0 Å². The smallest absolute Gasteiger partial charge is 0.208 e. The molecule has 0 aromatic heterocycles. The SMILES string of the molecule is CS(=O)(=O)NCC1(c2ccccc2)CCCC1. The molecule has 0 heterocycles. The van der Waals surface area contributed by atoms with Crippen LogP contribution in [0.1, 0.15) is 31.2 Å². The van der Waals surface area contributed by atoms with E-state index in [0.29, 0.717) is 6.54 Å². The van der Waals surface area contributed by atoms with Crippen molar-refractivity contribution in [2.45, 2.75) is 31.1 Å². The van der Waals surface area contributed by atoms with Gasteiger partial charge in [-0.3, -0.25) is 0 Å². The molecule has 0 saturated heterocycles. The van der Waals surface area contributed by atoms with Crippen molar-refractivity contribution in [1.29, 1.82) is 0 Å². The monoisotopic (exact) mass is 253 g/mol. The molecule has 1 N–H and O–H groups in total. The number of benzene rings is 1. The quantitative estimate of drug-likeness (QED) is 0.892. The third kappa shape index (κ3) is 3.07. The lowest BCUT2D eigenvalue weighted by Gasteiger charge is -2.29. The fourth-order valence-corrected chi connectivity index (χ4v) is 3.22. The summed E-state index contributed by atoms with van der Waals surface area (Å²) < 4.78 is 25.2. The van der Waals surface area contributed by atoms with Crippen LogP contribution < -0.4 is 4.72 Å². The maximum atomic E-state index is 11.3. The minimum absolute atomic E-state index is 0.00431. The lowest BCUT2D eigenvalue weighted by Crippen LogP contribution is -2.38. The highest BCUT2D eigenvalue weighted by Crippen LogP contribution is 2.40. The van der Waals surface area contributed by atoms with Crippen LogP contribution in [-0.2, 0) is 15.4 Å². The number of nitrogens with one attached hydrogen (secondary N) is 1. The van der Waals surface area contributed by atoms with E-state index in [4.69, 9.17) is 0 Å². The van der Waals surface area contributed by atoms with Crippen LogP contribution >= 0.6 is 0 Å². The summed E-state index contributed by atoms with van der Waals surface area (Å²) in [5.74, 6) is 0. The van der Waals surface area contributed by atoms with Crippen molar-refractivity contribution >= 4 is 10.0 Å². The molecule has 4 heteroatoms. The molecule has 0 bridgehead atoms. The van der Waals surface area contributed by atoms with Gasteiger partial charge in [-0.2, -0.15) is 0 Å². The van der Waals surface area contributed by atoms with Crippen molar-refractivity contribution in [3.63, 3.8) is 0 Å². The Labute approximate surface area is 103 Å². The summed E-state index contributed by atoms with van der Waals surface area (Å²) in [4.78, 5) is 0. The van der Waals surface area contributed by atoms with Crippen LogP contribution in [0, 0.1) is 0 Å². The Morgan fingerprint density at radius 3 is 2.29 bits per heavy atom. The molecule has 1 aliphatic rings. The zero-order valence-corrected chi connectivity index (χ0v) is 11.0. The predicted molar refractivity (Wildman–Crippen MR) is 69.4 cm³/mol. The summed E-state index contributed by atoms with van der Waals surface area (Å²) in [5, 5.41) is 0. The Hall–Kier alpha value is -0.870. The maximum absolute atomic E-state index is 11.3. The Kier molecular flexibility index (Phi) is 3.54. The second-order valence-electron chi connectivity index (χ2n) is 4.95. The normalized spacial score (nSPS) is 19.4. The van der Waals surface area contributed by atoms with Gasteiger partial charge in [-0.1, -0.05) is 43.2 Å². The molecule has 17 heavy (non-hydrogen) atoms. The van der Waals surface area contributed by atoms with E-state index in [-0.39, 0.29) is 5.41 Å². The van der Waals surface area contributed by atoms with E-state index in [2.05, 4.69) is 16.9 Å². The average molecular weight is 253 g/mol. The standard InChI is InChI=1S/C13H19NO2S/c1-17(15,16)14-11-13(9-5-6-10-13)12-7-3-2-4-8-12/h2-4,7-8,14H,5-6,9-11H2,1H3. The molecule has 3 nitrogen and oxygen atoms in total. The Balaban J connectivity index is 2.22. The fraction of sp³-hybridized carbons (Fsp3) is 0.538. The molecule has 0 aliphatic heterocycles. The van der Waals surface area contributed by atoms with E-state index in [0.717, 1.165) is 12.8 Å². The molecule has 94 valence electrons. The van der Waals surface area contributed by atoms with E-state index in [1.165, 1.54) is 24.7 Å². The van der Waals surface area contributed by atoms with Crippen molar-refractivity contribution in [2.75, 3.05) is 12.8 Å². The molecular weight excluding hydrogens is 234 g/mol. The van der Waals surface area contributed by atoms with Gasteiger partial charge in [0.25, 0.3) is 0 Å². The summed E-state index contributed by atoms with van der Waals surface area (Å²) in [6.07, 6.45) is 5.72. The Bertz CT molecular complexity index is 461. The number of hydrogen-bond acceptors (Lipinski definition) is 2. The largest absolute Gasteiger partial charge is 0.215 e. The zero-order valence-electron chi connectivity index (χ0n) is 10.1. The lowest BCUT2D eigenvalue weighted by molar-refractivity contribution is 0.433. The van der Waals surface area contributed by atoms with E-state index >= 15 is 0 Å². The lowest BCUT2D eigenvalue weighted by atomic mass is 9.79. The van der Waals surface area contributed by atoms with Crippen LogP contribution in [0.3, 0.4) is 0 Å². The van der Waals surface area contributed by atoms with Crippen LogP contribution in [0.4, 0.5) is 0 Å². The summed E-state index contributed by atoms with van der Waals surface area (Å²) in [7, 11) is -3.11. The summed E-state index contributed by atoms with van der Waals surface area (Å²) in [6, 6.07) is 10.3. The summed E-state index contributed by atoms with van der Waals surface area (Å²) >= 11 is 0. The van der Waals surface area contributed by atoms with E-state index < -0.39 is 10.0 Å². The third-order valence-corrected chi connectivity index (χ3v) is 4.29. The molecule has 0 atom stereocenters. The molecule has 1 aromatic rings. The highest BCUT2D eigenvalue weighted by atomic mass is 32.2. The van der Waals surface area contributed by atoms with Crippen LogP contribution in [0.2, 0.25) is 0 Å². The highest BCUT2D eigenvalue weighted by Gasteiger charge is 2.35. The minimum atomic E-state index is -3.11. The van der Waals surface area contributed by atoms with Gasteiger partial charge in [0.15, 0.2) is 0 Å². The number of sulfonamides is 1. The highest BCUT2D eigenvalue weighted by molar-refractivity contribution is 7.88. The first-order valence-electron chi connectivity index (χ1n) is 6.02. The van der Waals surface area contributed by atoms with Crippen molar-refractivity contribution < 1.29 is 8.42 Å². The topological polar surface area (TPSA) is 46.2 Å². The van der Waals surface area contributed by atoms with Crippen molar-refractivity contribution in [2.24, 2.45) is 0 Å². The first-order valence-corrected chi connectivity index (χ1v) is 7.91. The molecule has 0 amide bonds. The first kappa shape index (κ1) is 12.6. The fourth-order valence-electron chi connectivity index (χ4n) is 2.68. The Morgan fingerprint density at radius 1 is 1.18 bits per heavy atom. The van der Waals surface area contributed by atoms with Crippen LogP contribution in [0.15, 0.2) is 30.3 Å². The first-order chi connectivity index (χ1) is 8.02. The van der Waals surface area contributed by atoms with Gasteiger partial charge in [-0.15, -0.1) is 0 Å². The van der Waals surface area contributed by atoms with Gasteiger partial charge in [0.05, 0.1) is 6.26 Å². The minimum Gasteiger partial charge on any atom is -0.215 e. The average Bonchev–Trinajstić information content (AvgIpc) is 2.77. The van der Waals surface area contributed by atoms with Crippen LogP contribution in [-0.4, -0.2) is 21.2 Å². The molecule has 0 unspecified atom stereocenters. The number of rotatable bonds is 4. The van der Waals surface area contributed by atoms with Gasteiger partial charge >= 0.3 is 0 Å². The number of hydrogen-bond donors (Lipinski definition) is 1. The van der Waals surface area contributed by atoms with Gasteiger partial charge in [-0.25, -0.2) is 13.1 Å². The summed E-state index contributed by atoms with van der Waals surface area (Å²) in [5.41, 5.74) is 1.26. The van der Waals surface area contributed by atoms with E-state index in [1.807, 2.05) is 18.2 Å². The zero-order chi connectivity index (χ0) is 12.4. The molecule has 1 aromatic carbocycles. The van der Waals surface area contributed by atoms with E-state index in [1.54, 1.807) is 0 Å². The molecule has 2 rings (SSSR count). The molecule has 1 aliphatic carbocycles. The van der Waals surface area contributed by atoms with Gasteiger partial charge in [0.2, 0.25) is 10.0 Å². The van der Waals surface area contributed by atoms with Gasteiger partial charge in [0.1, 0.15) is 0 Å². The molecule has 0 spiro atoms. The summed E-state index contributed by atoms with van der Waals surface area (Å²) in [6.45, 7) is 0.524. The van der Waals surface area contributed by atoms with Gasteiger partial charge in [0, 0.05) is 12.0 Å². The second-order valence-corrected chi connectivity index (χ2v) is 6.78. The molecule has 0 radical (unpaired) electrons. The predicted octanol–water partition coefficient (Wildman–Crippen LogP) is 2.05. The van der Waals surface area contributed by atoms with Gasteiger partial charge < -0.3 is 0 Å². The molecule has 1 fully saturated rings. The van der Waals surface area contributed by atoms with Crippen molar-refractivity contribution in [3.05, 3.63) is 35.9 Å². The van der Waals surface area contributed by atoms with E-state index in [9.17, 15) is 8.42 Å². The van der Waals surface area contributed by atoms with Crippen molar-refractivity contribution in [3.8, 4) is 0 Å². The maximum Gasteiger partial charge on any atom is 0.208 e. The van der Waals surface area contributed by atoms with Gasteiger partial charge in [-0.05, 0) is 18.4 Å². The Morgan fingerprint density at radius 2 is 1.76 bits per heavy atom. The van der Waals surface area contributed by atoms with Crippen molar-refractivity contribution in [1.82, 2.24) is 4.72 Å².